The molecule has 0 heterocycles. The van der Waals surface area contributed by atoms with Gasteiger partial charge >= 0.3 is 0 Å². The van der Waals surface area contributed by atoms with E-state index in [-0.39, 0.29) is 11.9 Å². The molecule has 1 atom stereocenters. The van der Waals surface area contributed by atoms with Gasteiger partial charge in [-0.1, -0.05) is 26.0 Å². The van der Waals surface area contributed by atoms with Gasteiger partial charge in [-0.15, -0.1) is 0 Å². The fourth-order valence-electron chi connectivity index (χ4n) is 1.42. The third-order valence-electron chi connectivity index (χ3n) is 2.24. The first-order valence-corrected chi connectivity index (χ1v) is 6.49. The van der Waals surface area contributed by atoms with Gasteiger partial charge in [-0.2, -0.15) is 11.8 Å². The van der Waals surface area contributed by atoms with Gasteiger partial charge in [0.2, 0.25) is 0 Å². The number of hydrogen-bond donors (Lipinski definition) is 2. The Labute approximate surface area is 101 Å². The summed E-state index contributed by atoms with van der Waals surface area (Å²) in [4.78, 5) is 0. The summed E-state index contributed by atoms with van der Waals surface area (Å²) in [5, 5.41) is 0.586. The summed E-state index contributed by atoms with van der Waals surface area (Å²) in [5.41, 5.74) is 3.76. The van der Waals surface area contributed by atoms with Gasteiger partial charge in [-0.05, 0) is 29.4 Å². The zero-order valence-corrected chi connectivity index (χ0v) is 10.6. The SMILES string of the molecule is CC(C)SCC(Cc1cccc(F)c1)NN. The van der Waals surface area contributed by atoms with E-state index in [0.717, 1.165) is 17.7 Å². The average Bonchev–Trinajstić information content (AvgIpc) is 2.24. The van der Waals surface area contributed by atoms with Crippen molar-refractivity contribution < 1.29 is 4.39 Å². The molecule has 1 unspecified atom stereocenters. The molecule has 1 rings (SSSR count). The molecular formula is C12H19FN2S. The second kappa shape index (κ2) is 6.89. The highest BCUT2D eigenvalue weighted by Crippen LogP contribution is 2.13. The number of halogens is 1. The Bertz CT molecular complexity index is 318. The molecule has 0 aliphatic heterocycles. The first kappa shape index (κ1) is 13.5. The Morgan fingerprint density at radius 3 is 2.75 bits per heavy atom. The molecule has 3 N–H and O–H groups in total. The van der Waals surface area contributed by atoms with Crippen molar-refractivity contribution in [1.29, 1.82) is 0 Å². The normalized spacial score (nSPS) is 13.1. The van der Waals surface area contributed by atoms with E-state index in [1.54, 1.807) is 12.1 Å². The maximum absolute atomic E-state index is 13.0. The van der Waals surface area contributed by atoms with E-state index >= 15 is 0 Å². The van der Waals surface area contributed by atoms with Crippen molar-refractivity contribution in [2.75, 3.05) is 5.75 Å². The summed E-state index contributed by atoms with van der Waals surface area (Å²) in [6, 6.07) is 6.86. The number of benzene rings is 1. The molecule has 0 saturated heterocycles. The van der Waals surface area contributed by atoms with Crippen molar-refractivity contribution in [3.05, 3.63) is 35.6 Å². The third kappa shape index (κ3) is 4.96. The summed E-state index contributed by atoms with van der Waals surface area (Å²) >= 11 is 1.85. The molecule has 90 valence electrons. The van der Waals surface area contributed by atoms with Gasteiger partial charge in [-0.3, -0.25) is 11.3 Å². The second-order valence-electron chi connectivity index (χ2n) is 4.08. The predicted octanol–water partition coefficient (Wildman–Crippen LogP) is 2.34. The minimum atomic E-state index is -0.190. The van der Waals surface area contributed by atoms with E-state index in [2.05, 4.69) is 19.3 Å². The van der Waals surface area contributed by atoms with Crippen LogP contribution in [-0.4, -0.2) is 17.0 Å². The first-order chi connectivity index (χ1) is 7.61. The molecule has 0 spiro atoms. The molecule has 2 nitrogen and oxygen atoms in total. The lowest BCUT2D eigenvalue weighted by Gasteiger charge is -2.16. The van der Waals surface area contributed by atoms with Crippen LogP contribution in [0, 0.1) is 5.82 Å². The standard InChI is InChI=1S/C12H19FN2S/c1-9(2)16-8-12(15-14)7-10-4-3-5-11(13)6-10/h3-6,9,12,15H,7-8,14H2,1-2H3. The van der Waals surface area contributed by atoms with Crippen LogP contribution in [0.15, 0.2) is 24.3 Å². The van der Waals surface area contributed by atoms with Crippen molar-refractivity contribution >= 4 is 11.8 Å². The fourth-order valence-corrected chi connectivity index (χ4v) is 2.25. The van der Waals surface area contributed by atoms with E-state index in [4.69, 9.17) is 5.84 Å². The minimum Gasteiger partial charge on any atom is -0.271 e. The Kier molecular flexibility index (Phi) is 5.80. The molecule has 1 aromatic carbocycles. The number of hydrazine groups is 1. The van der Waals surface area contributed by atoms with E-state index < -0.39 is 0 Å². The maximum atomic E-state index is 13.0. The molecule has 0 bridgehead atoms. The van der Waals surface area contributed by atoms with Gasteiger partial charge in [0.15, 0.2) is 0 Å². The Morgan fingerprint density at radius 1 is 1.44 bits per heavy atom. The molecule has 4 heteroatoms. The molecule has 0 saturated carbocycles. The summed E-state index contributed by atoms with van der Waals surface area (Å²) in [6.45, 7) is 4.31. The van der Waals surface area contributed by atoms with Crippen LogP contribution >= 0.6 is 11.8 Å². The lowest BCUT2D eigenvalue weighted by molar-refractivity contribution is 0.570. The van der Waals surface area contributed by atoms with Crippen LogP contribution in [0.5, 0.6) is 0 Å². The van der Waals surface area contributed by atoms with Gasteiger partial charge in [0.25, 0.3) is 0 Å². The molecule has 0 radical (unpaired) electrons. The summed E-state index contributed by atoms with van der Waals surface area (Å²) in [7, 11) is 0. The van der Waals surface area contributed by atoms with Crippen LogP contribution in [0.2, 0.25) is 0 Å². The smallest absolute Gasteiger partial charge is 0.123 e. The Hall–Kier alpha value is -0.580. The summed E-state index contributed by atoms with van der Waals surface area (Å²) < 4.78 is 13.0. The van der Waals surface area contributed by atoms with Crippen molar-refractivity contribution in [2.45, 2.75) is 31.6 Å². The van der Waals surface area contributed by atoms with Gasteiger partial charge in [0.1, 0.15) is 5.82 Å². The predicted molar refractivity (Wildman–Crippen MR) is 68.8 cm³/mol. The van der Waals surface area contributed by atoms with E-state index in [0.29, 0.717) is 5.25 Å². The van der Waals surface area contributed by atoms with Crippen molar-refractivity contribution in [1.82, 2.24) is 5.43 Å². The highest BCUT2D eigenvalue weighted by molar-refractivity contribution is 7.99. The quantitative estimate of drug-likeness (QED) is 0.594. The second-order valence-corrected chi connectivity index (χ2v) is 5.69. The first-order valence-electron chi connectivity index (χ1n) is 5.44. The number of nitrogens with one attached hydrogen (secondary N) is 1. The van der Waals surface area contributed by atoms with Crippen LogP contribution in [0.25, 0.3) is 0 Å². The molecule has 16 heavy (non-hydrogen) atoms. The summed E-state index contributed by atoms with van der Waals surface area (Å²) in [5.74, 6) is 6.23. The summed E-state index contributed by atoms with van der Waals surface area (Å²) in [6.07, 6.45) is 0.758. The van der Waals surface area contributed by atoms with Crippen molar-refractivity contribution in [3.63, 3.8) is 0 Å². The largest absolute Gasteiger partial charge is 0.271 e. The van der Waals surface area contributed by atoms with Crippen LogP contribution < -0.4 is 11.3 Å². The number of nitrogens with two attached hydrogens (primary N) is 1. The van der Waals surface area contributed by atoms with E-state index in [1.807, 2.05) is 17.8 Å². The van der Waals surface area contributed by atoms with Crippen molar-refractivity contribution in [2.24, 2.45) is 5.84 Å². The number of hydrogen-bond acceptors (Lipinski definition) is 3. The van der Waals surface area contributed by atoms with E-state index in [1.165, 1.54) is 6.07 Å². The van der Waals surface area contributed by atoms with E-state index in [9.17, 15) is 4.39 Å². The zero-order chi connectivity index (χ0) is 12.0. The molecule has 1 aromatic rings. The van der Waals surface area contributed by atoms with Gasteiger partial charge in [0.05, 0.1) is 0 Å². The Morgan fingerprint density at radius 2 is 2.19 bits per heavy atom. The molecule has 0 aromatic heterocycles. The molecular weight excluding hydrogens is 223 g/mol. The third-order valence-corrected chi connectivity index (χ3v) is 3.50. The van der Waals surface area contributed by atoms with Gasteiger partial charge in [0, 0.05) is 11.8 Å². The lowest BCUT2D eigenvalue weighted by atomic mass is 10.1. The molecule has 0 aliphatic rings. The zero-order valence-electron chi connectivity index (χ0n) is 9.74. The van der Waals surface area contributed by atoms with Crippen LogP contribution in [0.1, 0.15) is 19.4 Å². The lowest BCUT2D eigenvalue weighted by Crippen LogP contribution is -2.39. The maximum Gasteiger partial charge on any atom is 0.123 e. The fraction of sp³-hybridized carbons (Fsp3) is 0.500. The average molecular weight is 242 g/mol. The van der Waals surface area contributed by atoms with Crippen LogP contribution in [0.4, 0.5) is 4.39 Å². The molecule has 0 amide bonds. The number of rotatable bonds is 6. The highest BCUT2D eigenvalue weighted by atomic mass is 32.2. The highest BCUT2D eigenvalue weighted by Gasteiger charge is 2.09. The van der Waals surface area contributed by atoms with Gasteiger partial charge < -0.3 is 0 Å². The molecule has 0 fully saturated rings. The topological polar surface area (TPSA) is 38.0 Å². The minimum absolute atomic E-state index is 0.189. The number of thioether (sulfide) groups is 1. The van der Waals surface area contributed by atoms with Crippen LogP contribution in [-0.2, 0) is 6.42 Å². The van der Waals surface area contributed by atoms with Gasteiger partial charge in [-0.25, -0.2) is 4.39 Å². The monoisotopic (exact) mass is 242 g/mol. The molecule has 0 aliphatic carbocycles. The van der Waals surface area contributed by atoms with Crippen LogP contribution in [0.3, 0.4) is 0 Å². The van der Waals surface area contributed by atoms with Crippen molar-refractivity contribution in [3.8, 4) is 0 Å². The Balaban J connectivity index is 2.49.